The van der Waals surface area contributed by atoms with Gasteiger partial charge in [0.2, 0.25) is 10.0 Å². The van der Waals surface area contributed by atoms with Crippen LogP contribution in [-0.2, 0) is 21.2 Å². The number of nitrogens with two attached hydrogens (primary N) is 1. The molecule has 2 N–H and O–H groups in total. The highest BCUT2D eigenvalue weighted by Crippen LogP contribution is 2.31. The Morgan fingerprint density at radius 3 is 2.74 bits per heavy atom. The highest BCUT2D eigenvalue weighted by Gasteiger charge is 2.28. The molecule has 3 rings (SSSR count). The van der Waals surface area contributed by atoms with Crippen LogP contribution in [0.2, 0.25) is 0 Å². The molecular formula is C13H18N2O3S. The smallest absolute Gasteiger partial charge is 0.243 e. The second kappa shape index (κ2) is 4.86. The Hall–Kier alpha value is -0.950. The van der Waals surface area contributed by atoms with Crippen LogP contribution in [0.15, 0.2) is 23.1 Å². The van der Waals surface area contributed by atoms with Crippen molar-refractivity contribution in [3.8, 4) is 0 Å². The zero-order valence-electron chi connectivity index (χ0n) is 10.7. The van der Waals surface area contributed by atoms with E-state index in [0.29, 0.717) is 31.2 Å². The van der Waals surface area contributed by atoms with Gasteiger partial charge in [-0.1, -0.05) is 6.07 Å². The topological polar surface area (TPSA) is 72.6 Å². The molecule has 19 heavy (non-hydrogen) atoms. The van der Waals surface area contributed by atoms with Crippen LogP contribution in [0.4, 0.5) is 0 Å². The van der Waals surface area contributed by atoms with Crippen LogP contribution in [0.25, 0.3) is 0 Å². The molecule has 0 spiro atoms. The Kier molecular flexibility index (Phi) is 3.34. The average molecular weight is 282 g/mol. The van der Waals surface area contributed by atoms with Crippen LogP contribution < -0.4 is 5.73 Å². The zero-order chi connectivity index (χ0) is 13.5. The van der Waals surface area contributed by atoms with Gasteiger partial charge in [-0.3, -0.25) is 0 Å². The summed E-state index contributed by atoms with van der Waals surface area (Å²) in [4.78, 5) is 0.352. The summed E-state index contributed by atoms with van der Waals surface area (Å²) in [5.41, 5.74) is 8.16. The summed E-state index contributed by atoms with van der Waals surface area (Å²) in [6, 6.07) is 5.31. The van der Waals surface area contributed by atoms with Crippen molar-refractivity contribution in [2.75, 3.05) is 26.3 Å². The second-order valence-corrected chi connectivity index (χ2v) is 6.96. The quantitative estimate of drug-likeness (QED) is 0.864. The Labute approximate surface area is 113 Å². The fourth-order valence-electron chi connectivity index (χ4n) is 2.71. The minimum atomic E-state index is -3.41. The van der Waals surface area contributed by atoms with Crippen molar-refractivity contribution in [1.82, 2.24) is 4.31 Å². The lowest BCUT2D eigenvalue weighted by Crippen LogP contribution is -2.40. The van der Waals surface area contributed by atoms with Gasteiger partial charge in [-0.15, -0.1) is 0 Å². The first-order valence-corrected chi connectivity index (χ1v) is 7.99. The van der Waals surface area contributed by atoms with E-state index in [2.05, 4.69) is 0 Å². The molecule has 1 aliphatic heterocycles. The number of morpholine rings is 1. The normalized spacial score (nSPS) is 24.4. The average Bonchev–Trinajstić information content (AvgIpc) is 2.81. The van der Waals surface area contributed by atoms with Crippen LogP contribution in [-0.4, -0.2) is 39.0 Å². The monoisotopic (exact) mass is 282 g/mol. The van der Waals surface area contributed by atoms with Crippen molar-refractivity contribution >= 4 is 10.0 Å². The number of nitrogens with zero attached hydrogens (tertiary/aromatic N) is 1. The van der Waals surface area contributed by atoms with E-state index < -0.39 is 10.0 Å². The number of aryl methyl sites for hydroxylation is 1. The number of fused-ring (bicyclic) bond motifs is 1. The van der Waals surface area contributed by atoms with Crippen molar-refractivity contribution in [1.29, 1.82) is 0 Å². The van der Waals surface area contributed by atoms with Gasteiger partial charge in [0.1, 0.15) is 0 Å². The van der Waals surface area contributed by atoms with E-state index >= 15 is 0 Å². The van der Waals surface area contributed by atoms with Crippen molar-refractivity contribution in [2.24, 2.45) is 5.73 Å². The minimum absolute atomic E-state index is 0.0326. The van der Waals surface area contributed by atoms with Gasteiger partial charge >= 0.3 is 0 Å². The number of hydrogen-bond acceptors (Lipinski definition) is 4. The maximum atomic E-state index is 12.5. The van der Waals surface area contributed by atoms with Crippen LogP contribution in [0.5, 0.6) is 0 Å². The Balaban J connectivity index is 1.95. The Bertz CT molecular complexity index is 580. The maximum Gasteiger partial charge on any atom is 0.243 e. The van der Waals surface area contributed by atoms with Crippen LogP contribution in [0, 0.1) is 0 Å². The molecule has 1 heterocycles. The number of hydrogen-bond donors (Lipinski definition) is 1. The van der Waals surface area contributed by atoms with E-state index in [4.69, 9.17) is 10.5 Å². The van der Waals surface area contributed by atoms with Crippen LogP contribution >= 0.6 is 0 Å². The third-order valence-electron chi connectivity index (χ3n) is 3.85. The molecule has 0 radical (unpaired) electrons. The van der Waals surface area contributed by atoms with E-state index in [1.54, 1.807) is 12.1 Å². The van der Waals surface area contributed by atoms with Crippen LogP contribution in [0.1, 0.15) is 23.6 Å². The standard InChI is InChI=1S/C13H18N2O3S/c14-13-4-2-10-1-3-11(9-12(10)13)19(16,17)15-5-7-18-8-6-15/h1,3,9,13H,2,4-8,14H2/t13-/m0/s1. The first kappa shape index (κ1) is 13.1. The molecular weight excluding hydrogens is 264 g/mol. The highest BCUT2D eigenvalue weighted by molar-refractivity contribution is 7.89. The largest absolute Gasteiger partial charge is 0.379 e. The molecule has 6 heteroatoms. The fourth-order valence-corrected chi connectivity index (χ4v) is 4.15. The molecule has 0 unspecified atom stereocenters. The number of ether oxygens (including phenoxy) is 1. The van der Waals surface area contributed by atoms with E-state index in [-0.39, 0.29) is 6.04 Å². The molecule has 1 saturated heterocycles. The highest BCUT2D eigenvalue weighted by atomic mass is 32.2. The molecule has 5 nitrogen and oxygen atoms in total. The number of benzene rings is 1. The third-order valence-corrected chi connectivity index (χ3v) is 5.74. The van der Waals surface area contributed by atoms with Gasteiger partial charge < -0.3 is 10.5 Å². The first-order valence-electron chi connectivity index (χ1n) is 6.55. The Morgan fingerprint density at radius 1 is 1.26 bits per heavy atom. The van der Waals surface area contributed by atoms with Crippen molar-refractivity contribution < 1.29 is 13.2 Å². The number of rotatable bonds is 2. The van der Waals surface area contributed by atoms with E-state index in [1.807, 2.05) is 6.07 Å². The fraction of sp³-hybridized carbons (Fsp3) is 0.538. The van der Waals surface area contributed by atoms with E-state index in [9.17, 15) is 8.42 Å². The molecule has 1 atom stereocenters. The molecule has 0 bridgehead atoms. The molecule has 1 aromatic carbocycles. The maximum absolute atomic E-state index is 12.5. The SMILES string of the molecule is N[C@H]1CCc2ccc(S(=O)(=O)N3CCOCC3)cc21. The summed E-state index contributed by atoms with van der Waals surface area (Å²) in [5, 5.41) is 0. The van der Waals surface area contributed by atoms with E-state index in [0.717, 1.165) is 18.4 Å². The molecule has 104 valence electrons. The van der Waals surface area contributed by atoms with Gasteiger partial charge in [0.15, 0.2) is 0 Å². The van der Waals surface area contributed by atoms with Gasteiger partial charge in [0, 0.05) is 19.1 Å². The summed E-state index contributed by atoms with van der Waals surface area (Å²) < 4.78 is 31.7. The molecule has 1 aromatic rings. The molecule has 0 aromatic heterocycles. The van der Waals surface area contributed by atoms with Gasteiger partial charge in [-0.2, -0.15) is 4.31 Å². The first-order chi connectivity index (χ1) is 9.09. The summed E-state index contributed by atoms with van der Waals surface area (Å²) >= 11 is 0. The van der Waals surface area contributed by atoms with Crippen molar-refractivity contribution in [3.63, 3.8) is 0 Å². The lowest BCUT2D eigenvalue weighted by Gasteiger charge is -2.26. The minimum Gasteiger partial charge on any atom is -0.379 e. The Morgan fingerprint density at radius 2 is 2.00 bits per heavy atom. The number of sulfonamides is 1. The zero-order valence-corrected chi connectivity index (χ0v) is 11.5. The molecule has 1 fully saturated rings. The van der Waals surface area contributed by atoms with Crippen molar-refractivity contribution in [3.05, 3.63) is 29.3 Å². The molecule has 0 amide bonds. The predicted octanol–water partition coefficient (Wildman–Crippen LogP) is 0.653. The lowest BCUT2D eigenvalue weighted by atomic mass is 10.1. The molecule has 2 aliphatic rings. The summed E-state index contributed by atoms with van der Waals surface area (Å²) in [6.07, 6.45) is 1.84. The molecule has 0 saturated carbocycles. The molecule has 1 aliphatic carbocycles. The van der Waals surface area contributed by atoms with Crippen molar-refractivity contribution in [2.45, 2.75) is 23.8 Å². The van der Waals surface area contributed by atoms with Gasteiger partial charge in [0.05, 0.1) is 18.1 Å². The summed E-state index contributed by atoms with van der Waals surface area (Å²) in [7, 11) is -3.41. The summed E-state index contributed by atoms with van der Waals surface area (Å²) in [6.45, 7) is 1.77. The van der Waals surface area contributed by atoms with Crippen LogP contribution in [0.3, 0.4) is 0 Å². The summed E-state index contributed by atoms with van der Waals surface area (Å²) in [5.74, 6) is 0. The van der Waals surface area contributed by atoms with Gasteiger partial charge in [-0.25, -0.2) is 8.42 Å². The lowest BCUT2D eigenvalue weighted by molar-refractivity contribution is 0.0730. The van der Waals surface area contributed by atoms with Gasteiger partial charge in [-0.05, 0) is 36.1 Å². The predicted molar refractivity (Wildman–Crippen MR) is 71.3 cm³/mol. The second-order valence-electron chi connectivity index (χ2n) is 5.02. The van der Waals surface area contributed by atoms with Gasteiger partial charge in [0.25, 0.3) is 0 Å². The van der Waals surface area contributed by atoms with E-state index in [1.165, 1.54) is 9.87 Å². The third kappa shape index (κ3) is 2.29.